The van der Waals surface area contributed by atoms with Crippen molar-refractivity contribution >= 4 is 23.5 Å². The maximum atomic E-state index is 9.92. The van der Waals surface area contributed by atoms with Crippen LogP contribution in [0.5, 0.6) is 0 Å². The molecule has 4 unspecified atom stereocenters. The minimum absolute atomic E-state index is 0. The molecule has 10 heteroatoms. The van der Waals surface area contributed by atoms with Gasteiger partial charge in [-0.05, 0) is 0 Å². The summed E-state index contributed by atoms with van der Waals surface area (Å²) in [5, 5.41) is 52.7. The molecule has 0 spiro atoms. The first-order valence-electron chi connectivity index (χ1n) is 4.09. The van der Waals surface area contributed by atoms with Crippen LogP contribution < -0.4 is 29.6 Å². The van der Waals surface area contributed by atoms with Gasteiger partial charge in [-0.3, -0.25) is 0 Å². The molecule has 0 aromatic rings. The van der Waals surface area contributed by atoms with E-state index in [-0.39, 0.29) is 48.3 Å². The molecule has 0 heterocycles. The van der Waals surface area contributed by atoms with Crippen LogP contribution in [0.15, 0.2) is 0 Å². The zero-order chi connectivity index (χ0) is 12.0. The van der Waals surface area contributed by atoms with Crippen LogP contribution in [0.1, 0.15) is 1.43 Å². The maximum absolute atomic E-state index is 9.92. The van der Waals surface area contributed by atoms with Gasteiger partial charge in [0, 0.05) is 0 Å². The van der Waals surface area contributed by atoms with Gasteiger partial charge in [0.1, 0.15) is 31.0 Å². The summed E-state index contributed by atoms with van der Waals surface area (Å²) in [7, 11) is 0. The van der Waals surface area contributed by atoms with Crippen molar-refractivity contribution in [3.8, 4) is 0 Å². The van der Waals surface area contributed by atoms with Crippen molar-refractivity contribution in [1.82, 2.24) is 0 Å². The predicted molar refractivity (Wildman–Crippen MR) is 56.1 cm³/mol. The number of ether oxygens (including phenoxy) is 1. The topological polar surface area (TPSA) is 148 Å². The number of aliphatic hydroxyl groups is 5. The summed E-state index contributed by atoms with van der Waals surface area (Å²) in [5.74, 6) is 0. The van der Waals surface area contributed by atoms with Gasteiger partial charge in [-0.15, -0.1) is 0 Å². The van der Waals surface area contributed by atoms with E-state index in [0.717, 1.165) is 0 Å². The third kappa shape index (κ3) is 9.21. The molecule has 0 aromatic carbocycles. The molecule has 0 aromatic heterocycles. The van der Waals surface area contributed by atoms with Gasteiger partial charge in [-0.25, -0.2) is 4.79 Å². The van der Waals surface area contributed by atoms with Crippen LogP contribution in [-0.4, -0.2) is 91.8 Å². The first-order chi connectivity index (χ1) is 6.90. The number of carbonyl (C=O) groups is 1. The third-order valence-corrected chi connectivity index (χ3v) is 1.70. The van der Waals surface area contributed by atoms with Gasteiger partial charge in [0.05, 0.1) is 6.61 Å². The maximum Gasteiger partial charge on any atom is 1.00 e. The quantitative estimate of drug-likeness (QED) is 0.208. The fourth-order valence-corrected chi connectivity index (χ4v) is 0.818. The smallest absolute Gasteiger partial charge is 1.00 e. The second kappa shape index (κ2) is 11.7. The van der Waals surface area contributed by atoms with E-state index < -0.39 is 43.8 Å². The van der Waals surface area contributed by atoms with Gasteiger partial charge in [0.2, 0.25) is 0 Å². The Bertz CT molecular complexity index is 212. The van der Waals surface area contributed by atoms with E-state index in [0.29, 0.717) is 0 Å². The van der Waals surface area contributed by atoms with E-state index in [2.05, 4.69) is 4.74 Å². The van der Waals surface area contributed by atoms with Gasteiger partial charge in [0.15, 0.2) is 17.4 Å². The van der Waals surface area contributed by atoms with Gasteiger partial charge in [-0.2, -0.15) is 0 Å². The summed E-state index contributed by atoms with van der Waals surface area (Å²) in [4.78, 5) is 9.92. The molecule has 0 bridgehead atoms. The second-order valence-electron chi connectivity index (χ2n) is 2.88. The molecule has 98 valence electrons. The van der Waals surface area contributed by atoms with E-state index in [9.17, 15) is 4.79 Å². The fraction of sp³-hybridized carbons (Fsp3) is 0.857. The van der Waals surface area contributed by atoms with Crippen LogP contribution in [-0.2, 0) is 4.74 Å². The molecule has 0 aliphatic rings. The molecule has 17 heavy (non-hydrogen) atoms. The summed E-state index contributed by atoms with van der Waals surface area (Å²) in [6, 6.07) is 0. The molecule has 4 atom stereocenters. The number of carboxylic acid groups (broad SMARTS) is 1. The molecular formula is C7H18AlNaO8. The van der Waals surface area contributed by atoms with Gasteiger partial charge >= 0.3 is 35.7 Å². The summed E-state index contributed by atoms with van der Waals surface area (Å²) in [6.07, 6.45) is -8.55. The van der Waals surface area contributed by atoms with Crippen LogP contribution in [0.2, 0.25) is 0 Å². The summed E-state index contributed by atoms with van der Waals surface area (Å²) >= 11 is 0. The van der Waals surface area contributed by atoms with Crippen LogP contribution in [0.4, 0.5) is 4.79 Å². The number of rotatable bonds is 6. The molecule has 0 amide bonds. The van der Waals surface area contributed by atoms with Crippen LogP contribution in [0.3, 0.4) is 0 Å². The van der Waals surface area contributed by atoms with Crippen molar-refractivity contribution in [1.29, 1.82) is 0 Å². The van der Waals surface area contributed by atoms with Crippen LogP contribution >= 0.6 is 0 Å². The zero-order valence-corrected chi connectivity index (χ0v) is 10.7. The first kappa shape index (κ1) is 22.8. The predicted octanol–water partition coefficient (Wildman–Crippen LogP) is -6.95. The Morgan fingerprint density at radius 2 is 1.53 bits per heavy atom. The molecule has 0 fully saturated rings. The summed E-state index contributed by atoms with van der Waals surface area (Å²) in [5.41, 5.74) is 0. The largest absolute Gasteiger partial charge is 1.00 e. The molecule has 0 saturated heterocycles. The zero-order valence-electron chi connectivity index (χ0n) is 9.72. The van der Waals surface area contributed by atoms with E-state index in [4.69, 9.17) is 30.6 Å². The minimum atomic E-state index is -1.81. The summed E-state index contributed by atoms with van der Waals surface area (Å²) < 4.78 is 3.94. The van der Waals surface area contributed by atoms with Crippen molar-refractivity contribution in [2.45, 2.75) is 24.4 Å². The normalized spacial score (nSPS) is 16.8. The van der Waals surface area contributed by atoms with Crippen molar-refractivity contribution < 1.29 is 71.2 Å². The Kier molecular flexibility index (Phi) is 15.6. The molecule has 6 N–H and O–H groups in total. The Morgan fingerprint density at radius 1 is 1.12 bits per heavy atom. The molecule has 0 saturated carbocycles. The molecule has 0 aliphatic heterocycles. The molecule has 0 radical (unpaired) electrons. The minimum Gasteiger partial charge on any atom is -1.00 e. The second-order valence-corrected chi connectivity index (χ2v) is 2.88. The number of hydrogen-bond donors (Lipinski definition) is 6. The average molecular weight is 280 g/mol. The average Bonchev–Trinajstić information content (AvgIpc) is 2.22. The fourth-order valence-electron chi connectivity index (χ4n) is 0.818. The number of hydrogen-bond acceptors (Lipinski definition) is 7. The van der Waals surface area contributed by atoms with Gasteiger partial charge in [0.25, 0.3) is 0 Å². The molecular weight excluding hydrogens is 262 g/mol. The molecule has 0 rings (SSSR count). The Labute approximate surface area is 132 Å². The molecule has 8 nitrogen and oxygen atoms in total. The van der Waals surface area contributed by atoms with Crippen molar-refractivity contribution in [2.75, 3.05) is 13.2 Å². The monoisotopic (exact) mass is 280 g/mol. The molecule has 0 aliphatic carbocycles. The van der Waals surface area contributed by atoms with E-state index in [1.54, 1.807) is 0 Å². The first-order valence-corrected chi connectivity index (χ1v) is 4.09. The van der Waals surface area contributed by atoms with Gasteiger partial charge in [-0.1, -0.05) is 0 Å². The van der Waals surface area contributed by atoms with Crippen molar-refractivity contribution in [3.63, 3.8) is 0 Å². The number of aliphatic hydroxyl groups excluding tert-OH is 5. The third-order valence-electron chi connectivity index (χ3n) is 1.70. The Hall–Kier alpha value is 0.602. The van der Waals surface area contributed by atoms with Crippen molar-refractivity contribution in [3.05, 3.63) is 0 Å². The SMILES string of the molecule is O=C(O)OCC(O)C(O)C(O)C(O)CO.[AlH3].[H-].[Na+]. The van der Waals surface area contributed by atoms with E-state index in [1.807, 2.05) is 0 Å². The van der Waals surface area contributed by atoms with Crippen molar-refractivity contribution in [2.24, 2.45) is 0 Å². The van der Waals surface area contributed by atoms with Crippen LogP contribution in [0, 0.1) is 0 Å². The Morgan fingerprint density at radius 3 is 1.88 bits per heavy atom. The van der Waals surface area contributed by atoms with Crippen LogP contribution in [0.25, 0.3) is 0 Å². The summed E-state index contributed by atoms with van der Waals surface area (Å²) in [6.45, 7) is -1.55. The van der Waals surface area contributed by atoms with E-state index >= 15 is 0 Å². The van der Waals surface area contributed by atoms with E-state index in [1.165, 1.54) is 0 Å². The Balaban J connectivity index is -0.000000327. The van der Waals surface area contributed by atoms with Gasteiger partial charge < -0.3 is 36.8 Å². The standard InChI is InChI=1S/C7H14O8.Al.Na.4H/c8-1-3(9)5(11)6(12)4(10)2-15-7(13)14;;;;;;/h3-6,8-12H,1-2H2,(H,13,14);;;;;;/q;;+1;;;;-1.